The van der Waals surface area contributed by atoms with Crippen LogP contribution >= 0.6 is 0 Å². The van der Waals surface area contributed by atoms with Crippen molar-refractivity contribution in [1.82, 2.24) is 4.90 Å². The summed E-state index contributed by atoms with van der Waals surface area (Å²) in [4.78, 5) is 22.8. The quantitative estimate of drug-likeness (QED) is 0.695. The van der Waals surface area contributed by atoms with Crippen LogP contribution in [0.4, 0.5) is 9.18 Å². The predicted octanol–water partition coefficient (Wildman–Crippen LogP) is 0.808. The second-order valence-corrected chi connectivity index (χ2v) is 3.17. The molecule has 0 aromatic rings. The summed E-state index contributed by atoms with van der Waals surface area (Å²) in [6, 6.07) is -0.790. The highest BCUT2D eigenvalue weighted by Crippen LogP contribution is 2.19. The van der Waals surface area contributed by atoms with Gasteiger partial charge in [-0.05, 0) is 0 Å². The van der Waals surface area contributed by atoms with Crippen LogP contribution in [0.5, 0.6) is 0 Å². The van der Waals surface area contributed by atoms with E-state index in [4.69, 9.17) is 5.11 Å². The van der Waals surface area contributed by atoms with Gasteiger partial charge in [0.1, 0.15) is 6.67 Å². The van der Waals surface area contributed by atoms with Crippen LogP contribution in [-0.2, 0) is 9.53 Å². The molecule has 5 nitrogen and oxygen atoms in total. The van der Waals surface area contributed by atoms with E-state index < -0.39 is 24.8 Å². The summed E-state index contributed by atoms with van der Waals surface area (Å²) in [5.41, 5.74) is 0.331. The van der Waals surface area contributed by atoms with Crippen LogP contribution in [0.2, 0.25) is 0 Å². The smallest absolute Gasteiger partial charge is 0.407 e. The van der Waals surface area contributed by atoms with E-state index in [0.717, 1.165) is 4.90 Å². The van der Waals surface area contributed by atoms with Gasteiger partial charge in [-0.15, -0.1) is 0 Å². The summed E-state index contributed by atoms with van der Waals surface area (Å²) in [6.07, 6.45) is 0.333. The molecule has 0 spiro atoms. The van der Waals surface area contributed by atoms with E-state index in [-0.39, 0.29) is 13.0 Å². The molecular formula is C9H12FNO4. The molecule has 0 aromatic heterocycles. The number of halogens is 1. The molecule has 0 saturated carbocycles. The average Bonchev–Trinajstić information content (AvgIpc) is 2.26. The molecule has 0 unspecified atom stereocenters. The fraction of sp³-hybridized carbons (Fsp3) is 0.556. The van der Waals surface area contributed by atoms with Crippen molar-refractivity contribution in [2.24, 2.45) is 0 Å². The second-order valence-electron chi connectivity index (χ2n) is 3.17. The van der Waals surface area contributed by atoms with Crippen LogP contribution in [0.25, 0.3) is 0 Å². The van der Waals surface area contributed by atoms with Gasteiger partial charge in [0, 0.05) is 18.5 Å². The zero-order valence-electron chi connectivity index (χ0n) is 8.27. The highest BCUT2D eigenvalue weighted by Gasteiger charge is 2.29. The molecule has 1 aliphatic heterocycles. The number of esters is 1. The van der Waals surface area contributed by atoms with E-state index >= 15 is 0 Å². The largest absolute Gasteiger partial charge is 0.466 e. The lowest BCUT2D eigenvalue weighted by atomic mass is 10.0. The number of hydrogen-bond donors (Lipinski definition) is 1. The molecule has 1 N–H and O–H groups in total. The first-order valence-corrected chi connectivity index (χ1v) is 4.43. The predicted molar refractivity (Wildman–Crippen MR) is 49.2 cm³/mol. The Kier molecular flexibility index (Phi) is 3.65. The highest BCUT2D eigenvalue weighted by molar-refractivity contribution is 5.89. The second kappa shape index (κ2) is 4.77. The molecule has 0 aromatic carbocycles. The van der Waals surface area contributed by atoms with Crippen molar-refractivity contribution in [2.75, 3.05) is 20.3 Å². The molecular weight excluding hydrogens is 205 g/mol. The van der Waals surface area contributed by atoms with E-state index in [1.165, 1.54) is 13.2 Å². The molecule has 15 heavy (non-hydrogen) atoms. The molecule has 0 bridgehead atoms. The van der Waals surface area contributed by atoms with Crippen molar-refractivity contribution in [3.05, 3.63) is 11.6 Å². The SMILES string of the molecule is COC(=O)C1=CCN(C(=O)O)[C@H](CF)C1. The molecule has 0 radical (unpaired) electrons. The maximum atomic E-state index is 12.5. The first-order chi connectivity index (χ1) is 7.10. The Morgan fingerprint density at radius 3 is 2.87 bits per heavy atom. The lowest BCUT2D eigenvalue weighted by Crippen LogP contribution is -2.44. The normalized spacial score (nSPS) is 20.8. The maximum absolute atomic E-state index is 12.5. The Labute approximate surface area is 86.1 Å². The Morgan fingerprint density at radius 1 is 1.73 bits per heavy atom. The fourth-order valence-corrected chi connectivity index (χ4v) is 1.47. The third kappa shape index (κ3) is 2.45. The molecule has 1 atom stereocenters. The summed E-state index contributed by atoms with van der Waals surface area (Å²) >= 11 is 0. The number of methoxy groups -OCH3 is 1. The number of carbonyl (C=O) groups excluding carboxylic acids is 1. The van der Waals surface area contributed by atoms with Crippen LogP contribution in [-0.4, -0.2) is 48.4 Å². The Bertz CT molecular complexity index is 302. The van der Waals surface area contributed by atoms with Crippen molar-refractivity contribution in [2.45, 2.75) is 12.5 Å². The van der Waals surface area contributed by atoms with E-state index in [2.05, 4.69) is 4.74 Å². The summed E-state index contributed by atoms with van der Waals surface area (Å²) in [5.74, 6) is -0.529. The van der Waals surface area contributed by atoms with Gasteiger partial charge >= 0.3 is 12.1 Å². The minimum atomic E-state index is -1.18. The molecule has 1 aliphatic rings. The lowest BCUT2D eigenvalue weighted by molar-refractivity contribution is -0.136. The molecule has 1 rings (SSSR count). The summed E-state index contributed by atoms with van der Waals surface area (Å²) in [6.45, 7) is -0.783. The van der Waals surface area contributed by atoms with Crippen molar-refractivity contribution in [1.29, 1.82) is 0 Å². The van der Waals surface area contributed by atoms with Gasteiger partial charge < -0.3 is 9.84 Å². The molecule has 6 heteroatoms. The average molecular weight is 217 g/mol. The van der Waals surface area contributed by atoms with Gasteiger partial charge in [0.05, 0.1) is 13.2 Å². The molecule has 84 valence electrons. The number of carbonyl (C=O) groups is 2. The molecule has 0 fully saturated rings. The number of nitrogens with zero attached hydrogens (tertiary/aromatic N) is 1. The Morgan fingerprint density at radius 2 is 2.40 bits per heavy atom. The fourth-order valence-electron chi connectivity index (χ4n) is 1.47. The summed E-state index contributed by atoms with van der Waals surface area (Å²) in [7, 11) is 1.23. The number of alkyl halides is 1. The van der Waals surface area contributed by atoms with Crippen molar-refractivity contribution in [3.8, 4) is 0 Å². The monoisotopic (exact) mass is 217 g/mol. The minimum absolute atomic E-state index is 0.0222. The zero-order valence-corrected chi connectivity index (χ0v) is 8.27. The number of hydrogen-bond acceptors (Lipinski definition) is 3. The lowest BCUT2D eigenvalue weighted by Gasteiger charge is -2.30. The number of amides is 1. The van der Waals surface area contributed by atoms with Gasteiger partial charge in [0.2, 0.25) is 0 Å². The Hall–Kier alpha value is -1.59. The van der Waals surface area contributed by atoms with Crippen LogP contribution in [0.3, 0.4) is 0 Å². The molecule has 1 amide bonds. The van der Waals surface area contributed by atoms with E-state index in [0.29, 0.717) is 5.57 Å². The number of carboxylic acid groups (broad SMARTS) is 1. The topological polar surface area (TPSA) is 66.8 Å². The van der Waals surface area contributed by atoms with Gasteiger partial charge in [-0.1, -0.05) is 6.08 Å². The first-order valence-electron chi connectivity index (χ1n) is 4.43. The third-order valence-corrected chi connectivity index (χ3v) is 2.30. The van der Waals surface area contributed by atoms with Gasteiger partial charge in [0.25, 0.3) is 0 Å². The van der Waals surface area contributed by atoms with Gasteiger partial charge in [-0.3, -0.25) is 4.90 Å². The zero-order chi connectivity index (χ0) is 11.4. The highest BCUT2D eigenvalue weighted by atomic mass is 19.1. The van der Waals surface area contributed by atoms with E-state index in [1.807, 2.05) is 0 Å². The van der Waals surface area contributed by atoms with E-state index in [1.54, 1.807) is 0 Å². The van der Waals surface area contributed by atoms with Crippen LogP contribution in [0.1, 0.15) is 6.42 Å². The summed E-state index contributed by atoms with van der Waals surface area (Å²) in [5, 5.41) is 8.74. The Balaban J connectivity index is 2.77. The standard InChI is InChI=1S/C9H12FNO4/c1-15-8(12)6-2-3-11(9(13)14)7(4-6)5-10/h2,7H,3-5H2,1H3,(H,13,14)/t7-/m0/s1. The third-order valence-electron chi connectivity index (χ3n) is 2.30. The molecule has 1 heterocycles. The van der Waals surface area contributed by atoms with Crippen LogP contribution in [0.15, 0.2) is 11.6 Å². The molecule has 0 aliphatic carbocycles. The minimum Gasteiger partial charge on any atom is -0.466 e. The van der Waals surface area contributed by atoms with Crippen LogP contribution < -0.4 is 0 Å². The number of rotatable bonds is 2. The molecule has 0 saturated heterocycles. The van der Waals surface area contributed by atoms with Crippen LogP contribution in [0, 0.1) is 0 Å². The van der Waals surface area contributed by atoms with Crippen molar-refractivity contribution >= 4 is 12.1 Å². The van der Waals surface area contributed by atoms with Gasteiger partial charge in [-0.25, -0.2) is 14.0 Å². The summed E-state index contributed by atoms with van der Waals surface area (Å²) < 4.78 is 17.0. The van der Waals surface area contributed by atoms with Crippen molar-refractivity contribution < 1.29 is 23.8 Å². The van der Waals surface area contributed by atoms with Gasteiger partial charge in [0.15, 0.2) is 0 Å². The van der Waals surface area contributed by atoms with Gasteiger partial charge in [-0.2, -0.15) is 0 Å². The maximum Gasteiger partial charge on any atom is 0.407 e. The van der Waals surface area contributed by atoms with E-state index in [9.17, 15) is 14.0 Å². The number of ether oxygens (including phenoxy) is 1. The van der Waals surface area contributed by atoms with Crippen molar-refractivity contribution in [3.63, 3.8) is 0 Å². The first kappa shape index (κ1) is 11.5.